The summed E-state index contributed by atoms with van der Waals surface area (Å²) in [5.74, 6) is -1.59. The number of aliphatic hydroxyl groups excluding tert-OH is 2. The molecule has 1 aromatic rings. The van der Waals surface area contributed by atoms with Crippen LogP contribution < -0.4 is 4.90 Å². The van der Waals surface area contributed by atoms with Gasteiger partial charge in [0, 0.05) is 25.7 Å². The molecule has 2 aliphatic rings. The van der Waals surface area contributed by atoms with E-state index < -0.39 is 5.82 Å². The number of carbonyl (C=O) groups excluding carboxylic acids is 2. The van der Waals surface area contributed by atoms with Gasteiger partial charge in [-0.05, 0) is 40.9 Å². The second-order valence-electron chi connectivity index (χ2n) is 6.05. The molecule has 0 saturated heterocycles. The summed E-state index contributed by atoms with van der Waals surface area (Å²) in [6.07, 6.45) is 2.01. The van der Waals surface area contributed by atoms with Gasteiger partial charge in [0.05, 0.1) is 10.2 Å². The van der Waals surface area contributed by atoms with Crippen molar-refractivity contribution in [1.29, 1.82) is 0 Å². The molecular weight excluding hydrogens is 393 g/mol. The summed E-state index contributed by atoms with van der Waals surface area (Å²) in [6, 6.07) is 4.20. The fourth-order valence-electron chi connectivity index (χ4n) is 3.15. The van der Waals surface area contributed by atoms with E-state index in [1.807, 2.05) is 0 Å². The minimum absolute atomic E-state index is 0.0485. The van der Waals surface area contributed by atoms with Crippen molar-refractivity contribution in [1.82, 2.24) is 0 Å². The lowest BCUT2D eigenvalue weighted by atomic mass is 9.95. The Morgan fingerprint density at radius 3 is 1.92 bits per heavy atom. The normalized spacial score (nSPS) is 18.8. The predicted molar refractivity (Wildman–Crippen MR) is 93.6 cm³/mol. The van der Waals surface area contributed by atoms with Crippen LogP contribution in [0.25, 0.3) is 0 Å². The molecular formula is C18H17BrFNO4. The topological polar surface area (TPSA) is 77.8 Å². The Labute approximate surface area is 152 Å². The fourth-order valence-corrected chi connectivity index (χ4v) is 3.60. The first-order chi connectivity index (χ1) is 11.9. The molecule has 0 aromatic heterocycles. The van der Waals surface area contributed by atoms with Crippen LogP contribution in [0.15, 0.2) is 45.6 Å². The summed E-state index contributed by atoms with van der Waals surface area (Å²) >= 11 is 3.15. The number of benzene rings is 1. The molecule has 0 unspecified atom stereocenters. The molecule has 0 aliphatic heterocycles. The van der Waals surface area contributed by atoms with Gasteiger partial charge in [0.2, 0.25) is 0 Å². The van der Waals surface area contributed by atoms with E-state index in [2.05, 4.69) is 15.9 Å². The number of aliphatic hydroxyl groups is 2. The maximum Gasteiger partial charge on any atom is 0.183 e. The van der Waals surface area contributed by atoms with Gasteiger partial charge in [0.1, 0.15) is 28.7 Å². The average Bonchev–Trinajstić information content (AvgIpc) is 2.56. The standard InChI is InChI=1S/C18H17BrFNO4/c19-16-10(20)4-1-5-11(16)21(17-12(22)6-2-7-13(17)23)18-14(24)8-3-9-15(18)25/h1,4-5,22,24H,2-3,6-9H2. The first-order valence-corrected chi connectivity index (χ1v) is 8.86. The van der Waals surface area contributed by atoms with Gasteiger partial charge in [0.25, 0.3) is 0 Å². The van der Waals surface area contributed by atoms with E-state index in [0.29, 0.717) is 12.8 Å². The molecule has 0 saturated carbocycles. The van der Waals surface area contributed by atoms with Gasteiger partial charge >= 0.3 is 0 Å². The van der Waals surface area contributed by atoms with Crippen LogP contribution in [0.3, 0.4) is 0 Å². The fraction of sp³-hybridized carbons (Fsp3) is 0.333. The van der Waals surface area contributed by atoms with E-state index >= 15 is 0 Å². The maximum absolute atomic E-state index is 14.1. The molecule has 0 fully saturated rings. The second kappa shape index (κ2) is 7.00. The number of hydrogen-bond acceptors (Lipinski definition) is 5. The zero-order valence-corrected chi connectivity index (χ0v) is 15.0. The largest absolute Gasteiger partial charge is 0.510 e. The Balaban J connectivity index is 2.28. The number of Topliss-reactive ketones (excluding diaryl/α,β-unsaturated/α-hetero) is 2. The summed E-state index contributed by atoms with van der Waals surface area (Å²) in [5, 5.41) is 20.7. The van der Waals surface area contributed by atoms with Gasteiger partial charge in [-0.3, -0.25) is 14.5 Å². The monoisotopic (exact) mass is 409 g/mol. The molecule has 0 spiro atoms. The minimum Gasteiger partial charge on any atom is -0.510 e. The number of anilines is 1. The predicted octanol–water partition coefficient (Wildman–Crippen LogP) is 4.44. The van der Waals surface area contributed by atoms with Crippen molar-refractivity contribution in [2.24, 2.45) is 0 Å². The van der Waals surface area contributed by atoms with Crippen molar-refractivity contribution in [2.45, 2.75) is 38.5 Å². The molecule has 1 aromatic carbocycles. The lowest BCUT2D eigenvalue weighted by Crippen LogP contribution is -2.36. The smallest absolute Gasteiger partial charge is 0.183 e. The highest BCUT2D eigenvalue weighted by molar-refractivity contribution is 9.10. The van der Waals surface area contributed by atoms with Crippen LogP contribution >= 0.6 is 15.9 Å². The molecule has 5 nitrogen and oxygen atoms in total. The van der Waals surface area contributed by atoms with Crippen molar-refractivity contribution in [3.8, 4) is 0 Å². The Morgan fingerprint density at radius 2 is 1.44 bits per heavy atom. The van der Waals surface area contributed by atoms with Crippen molar-refractivity contribution in [2.75, 3.05) is 4.90 Å². The Hall–Kier alpha value is -2.15. The van der Waals surface area contributed by atoms with Crippen LogP contribution in [0, 0.1) is 5.82 Å². The number of halogens is 2. The molecule has 0 atom stereocenters. The maximum atomic E-state index is 14.1. The molecule has 25 heavy (non-hydrogen) atoms. The lowest BCUT2D eigenvalue weighted by molar-refractivity contribution is -0.116. The molecule has 7 heteroatoms. The van der Waals surface area contributed by atoms with Gasteiger partial charge in [0.15, 0.2) is 11.6 Å². The second-order valence-corrected chi connectivity index (χ2v) is 6.85. The van der Waals surface area contributed by atoms with Gasteiger partial charge in [-0.25, -0.2) is 4.39 Å². The first-order valence-electron chi connectivity index (χ1n) is 8.06. The lowest BCUT2D eigenvalue weighted by Gasteiger charge is -2.33. The Morgan fingerprint density at radius 1 is 0.920 bits per heavy atom. The molecule has 2 aliphatic carbocycles. The highest BCUT2D eigenvalue weighted by Gasteiger charge is 2.36. The van der Waals surface area contributed by atoms with E-state index in [-0.39, 0.29) is 70.3 Å². The molecule has 2 N–H and O–H groups in total. The van der Waals surface area contributed by atoms with Crippen molar-refractivity contribution in [3.63, 3.8) is 0 Å². The zero-order chi connectivity index (χ0) is 18.1. The van der Waals surface area contributed by atoms with Gasteiger partial charge in [-0.1, -0.05) is 6.07 Å². The molecule has 132 valence electrons. The van der Waals surface area contributed by atoms with Crippen molar-refractivity contribution < 1.29 is 24.2 Å². The first kappa shape index (κ1) is 17.7. The van der Waals surface area contributed by atoms with Crippen LogP contribution in [-0.4, -0.2) is 21.8 Å². The van der Waals surface area contributed by atoms with Crippen LogP contribution in [0.5, 0.6) is 0 Å². The molecule has 0 radical (unpaired) electrons. The van der Waals surface area contributed by atoms with Crippen molar-refractivity contribution >= 4 is 33.2 Å². The Kier molecular flexibility index (Phi) is 4.94. The molecule has 0 bridgehead atoms. The van der Waals surface area contributed by atoms with Gasteiger partial charge in [-0.2, -0.15) is 0 Å². The van der Waals surface area contributed by atoms with Gasteiger partial charge < -0.3 is 10.2 Å². The summed E-state index contributed by atoms with van der Waals surface area (Å²) in [7, 11) is 0. The average molecular weight is 410 g/mol. The van der Waals surface area contributed by atoms with Crippen LogP contribution in [0.4, 0.5) is 10.1 Å². The van der Waals surface area contributed by atoms with E-state index in [0.717, 1.165) is 0 Å². The van der Waals surface area contributed by atoms with E-state index in [9.17, 15) is 24.2 Å². The summed E-state index contributed by atoms with van der Waals surface area (Å²) in [4.78, 5) is 26.2. The van der Waals surface area contributed by atoms with Crippen LogP contribution in [0.1, 0.15) is 38.5 Å². The number of hydrogen-bond donors (Lipinski definition) is 2. The Bertz CT molecular complexity index is 773. The van der Waals surface area contributed by atoms with Gasteiger partial charge in [-0.15, -0.1) is 0 Å². The van der Waals surface area contributed by atoms with E-state index in [1.165, 1.54) is 23.1 Å². The SMILES string of the molecule is O=C1CCCC(O)=C1N(C1=C(O)CCCC1=O)c1cccc(F)c1Br. The summed E-state index contributed by atoms with van der Waals surface area (Å²) < 4.78 is 14.1. The minimum atomic E-state index is -0.575. The van der Waals surface area contributed by atoms with Crippen LogP contribution in [0.2, 0.25) is 0 Å². The third kappa shape index (κ3) is 3.20. The number of carbonyl (C=O) groups is 2. The summed E-state index contributed by atoms with van der Waals surface area (Å²) in [5.41, 5.74) is 0.0392. The number of ketones is 2. The zero-order valence-electron chi connectivity index (χ0n) is 13.4. The third-order valence-corrected chi connectivity index (χ3v) is 5.11. The molecule has 0 amide bonds. The van der Waals surface area contributed by atoms with Crippen molar-refractivity contribution in [3.05, 3.63) is 51.4 Å². The number of nitrogens with zero attached hydrogens (tertiary/aromatic N) is 1. The van der Waals surface area contributed by atoms with Crippen LogP contribution in [-0.2, 0) is 9.59 Å². The summed E-state index contributed by atoms with van der Waals surface area (Å²) in [6.45, 7) is 0. The number of allylic oxidation sites excluding steroid dienone is 4. The quantitative estimate of drug-likeness (QED) is 0.771. The highest BCUT2D eigenvalue weighted by Crippen LogP contribution is 2.39. The highest BCUT2D eigenvalue weighted by atomic mass is 79.9. The number of rotatable bonds is 3. The third-order valence-electron chi connectivity index (χ3n) is 4.33. The molecule has 0 heterocycles. The van der Waals surface area contributed by atoms with E-state index in [1.54, 1.807) is 0 Å². The van der Waals surface area contributed by atoms with E-state index in [4.69, 9.17) is 0 Å². The molecule has 3 rings (SSSR count).